The topological polar surface area (TPSA) is 86.8 Å². The highest BCUT2D eigenvalue weighted by Crippen LogP contribution is 2.27. The van der Waals surface area contributed by atoms with E-state index in [-0.39, 0.29) is 31.3 Å². The van der Waals surface area contributed by atoms with Crippen molar-refractivity contribution in [1.82, 2.24) is 10.2 Å². The lowest BCUT2D eigenvalue weighted by Gasteiger charge is -2.18. The van der Waals surface area contributed by atoms with Crippen LogP contribution in [0.5, 0.6) is 0 Å². The van der Waals surface area contributed by atoms with Gasteiger partial charge in [-0.15, -0.1) is 0 Å². The molecule has 0 aromatic heterocycles. The van der Waals surface area contributed by atoms with E-state index in [4.69, 9.17) is 0 Å². The predicted molar refractivity (Wildman–Crippen MR) is 102 cm³/mol. The Morgan fingerprint density at radius 3 is 2.29 bits per heavy atom. The highest BCUT2D eigenvalue weighted by Gasteiger charge is 2.35. The smallest absolute Gasteiger partial charge is 0.261 e. The Kier molecular flexibility index (Phi) is 4.65. The van der Waals surface area contributed by atoms with Crippen LogP contribution < -0.4 is 10.2 Å². The van der Waals surface area contributed by atoms with Gasteiger partial charge in [0.1, 0.15) is 0 Å². The number of nitrogens with one attached hydrogen (secondary N) is 1. The largest absolute Gasteiger partial charge is 0.347 e. The molecule has 7 nitrogen and oxygen atoms in total. The first-order valence-corrected chi connectivity index (χ1v) is 9.16. The number of imide groups is 1. The molecule has 0 atom stereocenters. The first-order chi connectivity index (χ1) is 13.6. The monoisotopic (exact) mass is 377 g/mol. The summed E-state index contributed by atoms with van der Waals surface area (Å²) in [6.45, 7) is 0.470. The molecule has 0 bridgehead atoms. The Balaban J connectivity index is 1.29. The summed E-state index contributed by atoms with van der Waals surface area (Å²) in [4.78, 5) is 51.9. The van der Waals surface area contributed by atoms with E-state index < -0.39 is 11.8 Å². The van der Waals surface area contributed by atoms with Crippen molar-refractivity contribution in [2.75, 3.05) is 24.5 Å². The van der Waals surface area contributed by atoms with Crippen LogP contribution in [0.25, 0.3) is 0 Å². The molecule has 1 N–H and O–H groups in total. The van der Waals surface area contributed by atoms with Gasteiger partial charge in [0.2, 0.25) is 11.8 Å². The van der Waals surface area contributed by atoms with Gasteiger partial charge in [-0.25, -0.2) is 0 Å². The van der Waals surface area contributed by atoms with Crippen LogP contribution in [0.2, 0.25) is 0 Å². The molecule has 0 unspecified atom stereocenters. The summed E-state index contributed by atoms with van der Waals surface area (Å²) < 4.78 is 0. The minimum atomic E-state index is -0.391. The highest BCUT2D eigenvalue weighted by molar-refractivity contribution is 6.21. The number of fused-ring (bicyclic) bond motifs is 2. The van der Waals surface area contributed by atoms with Crippen molar-refractivity contribution < 1.29 is 19.2 Å². The van der Waals surface area contributed by atoms with E-state index in [0.717, 1.165) is 22.6 Å². The molecule has 2 aliphatic rings. The average molecular weight is 377 g/mol. The van der Waals surface area contributed by atoms with Gasteiger partial charge in [-0.05, 0) is 30.2 Å². The summed E-state index contributed by atoms with van der Waals surface area (Å²) in [5.41, 5.74) is 2.71. The maximum atomic E-state index is 12.4. The fourth-order valence-electron chi connectivity index (χ4n) is 3.61. The number of anilines is 1. The van der Waals surface area contributed by atoms with Gasteiger partial charge < -0.3 is 10.2 Å². The van der Waals surface area contributed by atoms with Crippen molar-refractivity contribution >= 4 is 29.3 Å². The van der Waals surface area contributed by atoms with Gasteiger partial charge in [0.25, 0.3) is 11.8 Å². The Hall–Kier alpha value is -3.48. The van der Waals surface area contributed by atoms with E-state index in [2.05, 4.69) is 5.32 Å². The first-order valence-electron chi connectivity index (χ1n) is 9.16. The second-order valence-corrected chi connectivity index (χ2v) is 6.76. The van der Waals surface area contributed by atoms with E-state index >= 15 is 0 Å². The number of benzene rings is 2. The van der Waals surface area contributed by atoms with Crippen LogP contribution in [-0.2, 0) is 16.0 Å². The second-order valence-electron chi connectivity index (χ2n) is 6.76. The van der Waals surface area contributed by atoms with Gasteiger partial charge in [0.05, 0.1) is 17.7 Å². The van der Waals surface area contributed by atoms with E-state index in [1.54, 1.807) is 29.2 Å². The standard InChI is InChI=1S/C21H19N3O4/c25-18(10-12-24-20(27)15-6-2-3-7-16(15)21(24)28)22-13-19(26)23-11-9-14-5-1-4-8-17(14)23/h1-8H,9-13H2,(H,22,25). The van der Waals surface area contributed by atoms with E-state index in [1.165, 1.54) is 0 Å². The molecule has 2 aliphatic heterocycles. The zero-order chi connectivity index (χ0) is 19.7. The van der Waals surface area contributed by atoms with Gasteiger partial charge in [0, 0.05) is 25.2 Å². The third kappa shape index (κ3) is 3.15. The third-order valence-electron chi connectivity index (χ3n) is 5.07. The molecule has 0 saturated carbocycles. The molecule has 0 aliphatic carbocycles. The highest BCUT2D eigenvalue weighted by atomic mass is 16.2. The summed E-state index contributed by atoms with van der Waals surface area (Å²) >= 11 is 0. The number of rotatable bonds is 5. The number of hydrogen-bond acceptors (Lipinski definition) is 4. The summed E-state index contributed by atoms with van der Waals surface area (Å²) in [5, 5.41) is 2.59. The van der Waals surface area contributed by atoms with E-state index in [1.807, 2.05) is 24.3 Å². The van der Waals surface area contributed by atoms with Crippen molar-refractivity contribution in [3.8, 4) is 0 Å². The Morgan fingerprint density at radius 2 is 1.57 bits per heavy atom. The summed E-state index contributed by atoms with van der Waals surface area (Å²) in [7, 11) is 0. The molecular weight excluding hydrogens is 358 g/mol. The van der Waals surface area contributed by atoms with Gasteiger partial charge in [-0.3, -0.25) is 24.1 Å². The molecule has 0 radical (unpaired) electrons. The van der Waals surface area contributed by atoms with Crippen molar-refractivity contribution in [2.45, 2.75) is 12.8 Å². The molecule has 4 rings (SSSR count). The molecule has 2 heterocycles. The maximum Gasteiger partial charge on any atom is 0.261 e. The molecule has 2 aromatic carbocycles. The number of para-hydroxylation sites is 1. The van der Waals surface area contributed by atoms with Gasteiger partial charge in [-0.1, -0.05) is 30.3 Å². The van der Waals surface area contributed by atoms with Crippen molar-refractivity contribution in [3.05, 3.63) is 65.2 Å². The zero-order valence-corrected chi connectivity index (χ0v) is 15.2. The lowest BCUT2D eigenvalue weighted by atomic mass is 10.1. The van der Waals surface area contributed by atoms with Gasteiger partial charge >= 0.3 is 0 Å². The predicted octanol–water partition coefficient (Wildman–Crippen LogP) is 1.38. The van der Waals surface area contributed by atoms with Crippen LogP contribution in [0.15, 0.2) is 48.5 Å². The molecule has 0 saturated heterocycles. The molecule has 142 valence electrons. The lowest BCUT2D eigenvalue weighted by Crippen LogP contribution is -2.40. The van der Waals surface area contributed by atoms with Crippen LogP contribution >= 0.6 is 0 Å². The summed E-state index contributed by atoms with van der Waals surface area (Å²) in [6, 6.07) is 14.3. The molecule has 2 aromatic rings. The fourth-order valence-corrected chi connectivity index (χ4v) is 3.61. The SMILES string of the molecule is O=C(CCN1C(=O)c2ccccc2C1=O)NCC(=O)N1CCc2ccccc21. The average Bonchev–Trinajstić information content (AvgIpc) is 3.25. The van der Waals surface area contributed by atoms with Crippen LogP contribution in [0.4, 0.5) is 5.69 Å². The Labute approximate surface area is 161 Å². The fraction of sp³-hybridized carbons (Fsp3) is 0.238. The van der Waals surface area contributed by atoms with Crippen LogP contribution in [0, 0.1) is 0 Å². The summed E-state index contributed by atoms with van der Waals surface area (Å²) in [6.07, 6.45) is 0.755. The molecule has 4 amide bonds. The number of nitrogens with zero attached hydrogens (tertiary/aromatic N) is 2. The van der Waals surface area contributed by atoms with Crippen LogP contribution in [0.1, 0.15) is 32.7 Å². The first kappa shape index (κ1) is 17.9. The molecule has 7 heteroatoms. The molecule has 0 spiro atoms. The minimum absolute atomic E-state index is 0.0150. The second kappa shape index (κ2) is 7.26. The molecule has 28 heavy (non-hydrogen) atoms. The van der Waals surface area contributed by atoms with Gasteiger partial charge in [0.15, 0.2) is 0 Å². The third-order valence-corrected chi connectivity index (χ3v) is 5.07. The van der Waals surface area contributed by atoms with Crippen molar-refractivity contribution in [1.29, 1.82) is 0 Å². The summed E-state index contributed by atoms with van der Waals surface area (Å²) in [5.74, 6) is -1.34. The van der Waals surface area contributed by atoms with Crippen LogP contribution in [-0.4, -0.2) is 48.2 Å². The van der Waals surface area contributed by atoms with Crippen molar-refractivity contribution in [2.24, 2.45) is 0 Å². The number of hydrogen-bond donors (Lipinski definition) is 1. The number of amides is 4. The lowest BCUT2D eigenvalue weighted by molar-refractivity contribution is -0.125. The van der Waals surface area contributed by atoms with Gasteiger partial charge in [-0.2, -0.15) is 0 Å². The molecular formula is C21H19N3O4. The Bertz CT molecular complexity index is 950. The quantitative estimate of drug-likeness (QED) is 0.798. The normalized spacial score (nSPS) is 14.9. The number of carbonyl (C=O) groups is 4. The Morgan fingerprint density at radius 1 is 0.929 bits per heavy atom. The minimum Gasteiger partial charge on any atom is -0.347 e. The van der Waals surface area contributed by atoms with E-state index in [0.29, 0.717) is 17.7 Å². The molecule has 0 fully saturated rings. The number of carbonyl (C=O) groups excluding carboxylic acids is 4. The maximum absolute atomic E-state index is 12.4. The van der Waals surface area contributed by atoms with E-state index in [9.17, 15) is 19.2 Å². The van der Waals surface area contributed by atoms with Crippen molar-refractivity contribution in [3.63, 3.8) is 0 Å². The van der Waals surface area contributed by atoms with Crippen LogP contribution in [0.3, 0.4) is 0 Å². The zero-order valence-electron chi connectivity index (χ0n) is 15.2.